The maximum absolute atomic E-state index is 12.0. The second-order valence-corrected chi connectivity index (χ2v) is 3.90. The van der Waals surface area contributed by atoms with Gasteiger partial charge in [-0.15, -0.1) is 13.2 Å². The quantitative estimate of drug-likeness (QED) is 0.507. The number of anilines is 1. The molecule has 9 heteroatoms. The number of rotatable bonds is 2. The smallest absolute Gasteiger partial charge is 0.406 e. The molecule has 0 radical (unpaired) electrons. The third-order valence-electron chi connectivity index (χ3n) is 1.44. The van der Waals surface area contributed by atoms with E-state index in [2.05, 4.69) is 4.74 Å². The molecule has 17 heavy (non-hydrogen) atoms. The van der Waals surface area contributed by atoms with Crippen LogP contribution in [0.2, 0.25) is 0 Å². The van der Waals surface area contributed by atoms with Gasteiger partial charge in [-0.3, -0.25) is 0 Å². The first kappa shape index (κ1) is 13.8. The van der Waals surface area contributed by atoms with E-state index >= 15 is 0 Å². The minimum atomic E-state index is -4.96. The summed E-state index contributed by atoms with van der Waals surface area (Å²) in [5.41, 5.74) is 0.293. The third-order valence-corrected chi connectivity index (χ3v) is 2.25. The summed E-state index contributed by atoms with van der Waals surface area (Å²) in [6.45, 7) is 0. The number of halogens is 6. The van der Waals surface area contributed by atoms with Crippen LogP contribution in [0.25, 0.3) is 0 Å². The Kier molecular flexibility index (Phi) is 3.70. The van der Waals surface area contributed by atoms with Gasteiger partial charge in [0, 0.05) is 10.6 Å². The average Bonchev–Trinajstić information content (AvgIpc) is 2.05. The molecule has 0 atom stereocenters. The van der Waals surface area contributed by atoms with E-state index in [1.807, 2.05) is 0 Å². The van der Waals surface area contributed by atoms with E-state index in [1.54, 1.807) is 0 Å². The van der Waals surface area contributed by atoms with E-state index in [0.29, 0.717) is 6.07 Å². The largest absolute Gasteiger partial charge is 0.573 e. The molecule has 0 amide bonds. The van der Waals surface area contributed by atoms with Gasteiger partial charge in [-0.2, -0.15) is 13.2 Å². The normalized spacial score (nSPS) is 12.6. The molecule has 1 aromatic carbocycles. The number of thioether (sulfide) groups is 1. The van der Waals surface area contributed by atoms with Gasteiger partial charge in [0.2, 0.25) is 0 Å². The SMILES string of the molecule is Nc1ccc(OC(F)(F)F)cc1SC(F)(F)F. The molecule has 2 nitrogen and oxygen atoms in total. The summed E-state index contributed by atoms with van der Waals surface area (Å²) in [6.07, 6.45) is -4.96. The molecule has 0 aromatic heterocycles. The molecule has 0 saturated heterocycles. The molecule has 0 aliphatic rings. The van der Waals surface area contributed by atoms with Crippen LogP contribution in [0, 0.1) is 0 Å². The van der Waals surface area contributed by atoms with Gasteiger partial charge in [-0.1, -0.05) is 0 Å². The van der Waals surface area contributed by atoms with Crippen molar-refractivity contribution in [3.05, 3.63) is 18.2 Å². The van der Waals surface area contributed by atoms with Crippen molar-refractivity contribution in [3.8, 4) is 5.75 Å². The van der Waals surface area contributed by atoms with Crippen LogP contribution in [0.5, 0.6) is 5.75 Å². The Morgan fingerprint density at radius 3 is 2.12 bits per heavy atom. The molecule has 0 aliphatic heterocycles. The molecule has 0 spiro atoms. The fourth-order valence-electron chi connectivity index (χ4n) is 0.925. The number of hydrogen-bond donors (Lipinski definition) is 1. The van der Waals surface area contributed by atoms with Crippen LogP contribution in [-0.2, 0) is 0 Å². The van der Waals surface area contributed by atoms with Crippen LogP contribution in [0.15, 0.2) is 23.1 Å². The lowest BCUT2D eigenvalue weighted by molar-refractivity contribution is -0.274. The first-order chi connectivity index (χ1) is 7.57. The summed E-state index contributed by atoms with van der Waals surface area (Å²) >= 11 is -0.605. The standard InChI is InChI=1S/C8H5F6NOS/c9-7(10,11)16-4-1-2-5(15)6(3-4)17-8(12,13)14/h1-3H,15H2. The Hall–Kier alpha value is -1.25. The summed E-state index contributed by atoms with van der Waals surface area (Å²) in [6, 6.07) is 2.33. The second kappa shape index (κ2) is 4.55. The zero-order valence-electron chi connectivity index (χ0n) is 7.89. The van der Waals surface area contributed by atoms with Crippen molar-refractivity contribution in [2.45, 2.75) is 16.8 Å². The van der Waals surface area contributed by atoms with Crippen LogP contribution in [0.4, 0.5) is 32.0 Å². The van der Waals surface area contributed by atoms with Gasteiger partial charge in [-0.25, -0.2) is 0 Å². The van der Waals surface area contributed by atoms with Crippen LogP contribution < -0.4 is 10.5 Å². The number of alkyl halides is 6. The predicted molar refractivity (Wildman–Crippen MR) is 49.4 cm³/mol. The number of benzene rings is 1. The Bertz CT molecular complexity index is 402. The molecular weight excluding hydrogens is 272 g/mol. The lowest BCUT2D eigenvalue weighted by atomic mass is 10.3. The van der Waals surface area contributed by atoms with E-state index in [-0.39, 0.29) is 5.69 Å². The Morgan fingerprint density at radius 1 is 1.06 bits per heavy atom. The molecule has 0 aliphatic carbocycles. The lowest BCUT2D eigenvalue weighted by Crippen LogP contribution is -2.17. The summed E-state index contributed by atoms with van der Waals surface area (Å²) in [7, 11) is 0. The summed E-state index contributed by atoms with van der Waals surface area (Å²) in [4.78, 5) is -0.542. The van der Waals surface area contributed by atoms with Gasteiger partial charge >= 0.3 is 11.9 Å². The number of ether oxygens (including phenoxy) is 1. The second-order valence-electron chi connectivity index (χ2n) is 2.80. The first-order valence-electron chi connectivity index (χ1n) is 3.98. The monoisotopic (exact) mass is 277 g/mol. The molecule has 0 unspecified atom stereocenters. The van der Waals surface area contributed by atoms with Crippen LogP contribution >= 0.6 is 11.8 Å². The molecule has 0 saturated carbocycles. The number of hydrogen-bond acceptors (Lipinski definition) is 3. The van der Waals surface area contributed by atoms with E-state index in [4.69, 9.17) is 5.73 Å². The van der Waals surface area contributed by atoms with Crippen molar-refractivity contribution in [1.29, 1.82) is 0 Å². The Morgan fingerprint density at radius 2 is 1.65 bits per heavy atom. The van der Waals surface area contributed by atoms with E-state index < -0.39 is 34.3 Å². The highest BCUT2D eigenvalue weighted by Crippen LogP contribution is 2.41. The number of nitrogen functional groups attached to an aromatic ring is 1. The van der Waals surface area contributed by atoms with Gasteiger partial charge in [0.1, 0.15) is 5.75 Å². The molecule has 1 aromatic rings. The minimum absolute atomic E-state index is 0.276. The van der Waals surface area contributed by atoms with Crippen molar-refractivity contribution in [3.63, 3.8) is 0 Å². The van der Waals surface area contributed by atoms with E-state index in [1.165, 1.54) is 0 Å². The van der Waals surface area contributed by atoms with Gasteiger partial charge in [-0.05, 0) is 30.0 Å². The fraction of sp³-hybridized carbons (Fsp3) is 0.250. The molecule has 0 fully saturated rings. The van der Waals surface area contributed by atoms with Crippen molar-refractivity contribution >= 4 is 17.4 Å². The van der Waals surface area contributed by atoms with Crippen molar-refractivity contribution in [1.82, 2.24) is 0 Å². The zero-order valence-corrected chi connectivity index (χ0v) is 8.71. The van der Waals surface area contributed by atoms with Crippen molar-refractivity contribution in [2.24, 2.45) is 0 Å². The molecule has 0 heterocycles. The molecule has 96 valence electrons. The summed E-state index contributed by atoms with van der Waals surface area (Å²) < 4.78 is 75.1. The van der Waals surface area contributed by atoms with Crippen LogP contribution in [0.3, 0.4) is 0 Å². The Balaban J connectivity index is 2.95. The van der Waals surface area contributed by atoms with Gasteiger partial charge in [0.05, 0.1) is 0 Å². The van der Waals surface area contributed by atoms with Gasteiger partial charge in [0.25, 0.3) is 0 Å². The van der Waals surface area contributed by atoms with E-state index in [9.17, 15) is 26.3 Å². The van der Waals surface area contributed by atoms with Crippen LogP contribution in [-0.4, -0.2) is 11.9 Å². The fourth-order valence-corrected chi connectivity index (χ4v) is 1.54. The maximum Gasteiger partial charge on any atom is 0.573 e. The summed E-state index contributed by atoms with van der Waals surface area (Å²) in [5, 5.41) is 0. The highest BCUT2D eigenvalue weighted by Gasteiger charge is 2.33. The van der Waals surface area contributed by atoms with Crippen LogP contribution in [0.1, 0.15) is 0 Å². The zero-order chi connectivity index (χ0) is 13.3. The van der Waals surface area contributed by atoms with Crippen molar-refractivity contribution in [2.75, 3.05) is 5.73 Å². The average molecular weight is 277 g/mol. The minimum Gasteiger partial charge on any atom is -0.406 e. The molecule has 0 bridgehead atoms. The lowest BCUT2D eigenvalue weighted by Gasteiger charge is -2.12. The van der Waals surface area contributed by atoms with Gasteiger partial charge < -0.3 is 10.5 Å². The van der Waals surface area contributed by atoms with E-state index in [0.717, 1.165) is 12.1 Å². The highest BCUT2D eigenvalue weighted by atomic mass is 32.2. The third kappa shape index (κ3) is 5.07. The molecule has 2 N–H and O–H groups in total. The summed E-state index contributed by atoms with van der Waals surface area (Å²) in [5.74, 6) is -0.751. The topological polar surface area (TPSA) is 35.2 Å². The highest BCUT2D eigenvalue weighted by molar-refractivity contribution is 8.00. The maximum atomic E-state index is 12.0. The van der Waals surface area contributed by atoms with Gasteiger partial charge in [0.15, 0.2) is 0 Å². The predicted octanol–water partition coefficient (Wildman–Crippen LogP) is 3.78. The number of nitrogens with two attached hydrogens (primary N) is 1. The Labute approximate surface area is 95.7 Å². The molecule has 1 rings (SSSR count). The molecular formula is C8H5F6NOS. The first-order valence-corrected chi connectivity index (χ1v) is 4.79. The van der Waals surface area contributed by atoms with Crippen molar-refractivity contribution < 1.29 is 31.1 Å².